The van der Waals surface area contributed by atoms with E-state index in [2.05, 4.69) is 58.2 Å². The molecule has 0 N–H and O–H groups in total. The molecule has 4 unspecified atom stereocenters. The molecule has 0 rings (SSSR count). The summed E-state index contributed by atoms with van der Waals surface area (Å²) in [7, 11) is 3.47. The largest absolute Gasteiger partial charge is 0.154 e. The van der Waals surface area contributed by atoms with Crippen LogP contribution < -0.4 is 0 Å². The number of hydrogen-bond donors (Lipinski definition) is 2. The highest BCUT2D eigenvalue weighted by Crippen LogP contribution is 2.41. The molecule has 0 radical (unpaired) electrons. The molecule has 0 aromatic heterocycles. The minimum Gasteiger partial charge on any atom is -0.154 e. The van der Waals surface area contributed by atoms with Gasteiger partial charge in [-0.25, -0.2) is 0 Å². The fourth-order valence-corrected chi connectivity index (χ4v) is 9.67. The van der Waals surface area contributed by atoms with E-state index in [1.165, 1.54) is 11.8 Å². The Labute approximate surface area is 158 Å². The summed E-state index contributed by atoms with van der Waals surface area (Å²) in [5.74, 6) is 11.7. The topological polar surface area (TPSA) is 0 Å². The van der Waals surface area contributed by atoms with Crippen molar-refractivity contribution in [1.29, 1.82) is 0 Å². The van der Waals surface area contributed by atoms with Gasteiger partial charge in [0.15, 0.2) is 0 Å². The maximum atomic E-state index is 5.10. The fourth-order valence-electron chi connectivity index (χ4n) is 0.352. The van der Waals surface area contributed by atoms with Gasteiger partial charge in [-0.3, -0.25) is 0 Å². The monoisotopic (exact) mass is 482 g/mol. The maximum absolute atomic E-state index is 5.10. The molecule has 0 aromatic carbocycles. The molecule has 9 heteroatoms. The zero-order valence-electron chi connectivity index (χ0n) is 10.9. The van der Waals surface area contributed by atoms with Crippen molar-refractivity contribution >= 4 is 94.3 Å². The van der Waals surface area contributed by atoms with E-state index in [1.54, 1.807) is 0 Å². The van der Waals surface area contributed by atoms with Crippen LogP contribution in [0.25, 0.3) is 0 Å². The number of halogens is 1. The Bertz CT molecular complexity index is 266. The first-order valence-electron chi connectivity index (χ1n) is 5.04. The van der Waals surface area contributed by atoms with Gasteiger partial charge in [0.05, 0.1) is 16.8 Å². The van der Waals surface area contributed by atoms with Gasteiger partial charge >= 0.3 is 0 Å². The van der Waals surface area contributed by atoms with Crippen molar-refractivity contribution in [2.75, 3.05) is 28.6 Å². The summed E-state index contributed by atoms with van der Waals surface area (Å²) in [4.78, 5) is 0. The van der Waals surface area contributed by atoms with Crippen molar-refractivity contribution in [3.63, 3.8) is 0 Å². The van der Waals surface area contributed by atoms with E-state index in [0.29, 0.717) is 5.33 Å². The number of rotatable bonds is 8. The minimum absolute atomic E-state index is 0.660. The highest BCUT2D eigenvalue weighted by atomic mass is 79.9. The third kappa shape index (κ3) is 42.7. The van der Waals surface area contributed by atoms with Crippen LogP contribution in [0.1, 0.15) is 0 Å². The van der Waals surface area contributed by atoms with Crippen molar-refractivity contribution < 1.29 is 0 Å². The molecule has 0 heterocycles. The first-order chi connectivity index (χ1) is 9.74. The molecule has 0 bridgehead atoms. The Hall–Kier alpha value is 2.28. The molecule has 0 saturated carbocycles. The third-order valence-corrected chi connectivity index (χ3v) is 12.2. The van der Waals surface area contributed by atoms with Gasteiger partial charge in [0.2, 0.25) is 0 Å². The molecule has 4 atom stereocenters. The molecule has 0 aliphatic carbocycles. The second kappa shape index (κ2) is 33.0. The predicted octanol–water partition coefficient (Wildman–Crippen LogP) is 5.87. The molecule has 0 aliphatic heterocycles. The minimum atomic E-state index is 0.660. The third-order valence-electron chi connectivity index (χ3n) is 0.895. The van der Waals surface area contributed by atoms with Gasteiger partial charge in [-0.05, 0) is 0 Å². The van der Waals surface area contributed by atoms with E-state index in [0.717, 1.165) is 42.6 Å². The smallest absolute Gasteiger partial charge is 0.0642 e. The highest BCUT2D eigenvalue weighted by Gasteiger charge is 1.87. The van der Waals surface area contributed by atoms with Crippen LogP contribution in [0.2, 0.25) is 0 Å². The zero-order valence-corrected chi connectivity index (χ0v) is 19.9. The molecule has 0 aliphatic rings. The van der Waals surface area contributed by atoms with Gasteiger partial charge in [-0.15, -0.1) is 42.0 Å². The lowest BCUT2D eigenvalue weighted by atomic mass is 10.8. The molecule has 0 amide bonds. The summed E-state index contributed by atoms with van der Waals surface area (Å²) < 4.78 is 0. The molecule has 0 nitrogen and oxygen atoms in total. The lowest BCUT2D eigenvalue weighted by Gasteiger charge is -1.96. The summed E-state index contributed by atoms with van der Waals surface area (Å²) in [5.41, 5.74) is 0. The van der Waals surface area contributed by atoms with E-state index in [1.807, 2.05) is 22.8 Å². The van der Waals surface area contributed by atoms with Gasteiger partial charge in [-0.1, -0.05) is 64.8 Å². The van der Waals surface area contributed by atoms with E-state index < -0.39 is 0 Å². The molecule has 0 fully saturated rings. The second-order valence-corrected chi connectivity index (χ2v) is 13.4. The van der Waals surface area contributed by atoms with E-state index in [-0.39, 0.29) is 0 Å². The quantitative estimate of drug-likeness (QED) is 0.146. The van der Waals surface area contributed by atoms with Crippen molar-refractivity contribution in [2.24, 2.45) is 0 Å². The van der Waals surface area contributed by atoms with Crippen molar-refractivity contribution in [2.45, 2.75) is 0 Å². The average Bonchev–Trinajstić information content (AvgIpc) is 2.48. The first kappa shape index (κ1) is 27.1. The lowest BCUT2D eigenvalue weighted by Crippen LogP contribution is -1.63. The second-order valence-electron chi connectivity index (χ2n) is 2.28. The summed E-state index contributed by atoms with van der Waals surface area (Å²) in [6.07, 6.45) is 14.9. The summed E-state index contributed by atoms with van der Waals surface area (Å²) in [6, 6.07) is 0. The first-order valence-corrected chi connectivity index (χ1v) is 17.0. The van der Waals surface area contributed by atoms with E-state index >= 15 is 0 Å². The van der Waals surface area contributed by atoms with Gasteiger partial charge in [0.25, 0.3) is 0 Å². The molecule has 114 valence electrons. The van der Waals surface area contributed by atoms with Crippen molar-refractivity contribution in [3.8, 4) is 37.0 Å². The number of alkyl halides is 1. The molecular formula is C11H19BrP4S4. The highest BCUT2D eigenvalue weighted by molar-refractivity contribution is 9.09. The van der Waals surface area contributed by atoms with Crippen LogP contribution in [0.5, 0.6) is 0 Å². The predicted molar refractivity (Wildman–Crippen MR) is 126 cm³/mol. The Morgan fingerprint density at radius 2 is 1.25 bits per heavy atom. The van der Waals surface area contributed by atoms with Crippen LogP contribution >= 0.6 is 94.3 Å². The van der Waals surface area contributed by atoms with Gasteiger partial charge in [-0.2, -0.15) is 24.5 Å². The Kier molecular flexibility index (Phi) is 44.8. The van der Waals surface area contributed by atoms with Crippen LogP contribution in [0.3, 0.4) is 0 Å². The Morgan fingerprint density at radius 3 is 1.45 bits per heavy atom. The van der Waals surface area contributed by atoms with Gasteiger partial charge in [0.1, 0.15) is 0 Å². The molecular weight excluding hydrogens is 464 g/mol. The molecule has 0 spiro atoms. The Balaban J connectivity index is -0.000000266. The lowest BCUT2D eigenvalue weighted by molar-refractivity contribution is 1.98. The number of terminal acetylenes is 3. The van der Waals surface area contributed by atoms with E-state index in [4.69, 9.17) is 19.3 Å². The van der Waals surface area contributed by atoms with Crippen molar-refractivity contribution in [1.82, 2.24) is 0 Å². The van der Waals surface area contributed by atoms with Crippen LogP contribution in [-0.4, -0.2) is 28.6 Å². The number of hydrogen-bond acceptors (Lipinski definition) is 4. The summed E-state index contributed by atoms with van der Waals surface area (Å²) in [6.45, 7) is 0. The van der Waals surface area contributed by atoms with Gasteiger partial charge < -0.3 is 0 Å². The molecule has 20 heavy (non-hydrogen) atoms. The van der Waals surface area contributed by atoms with Crippen LogP contribution in [-0.2, 0) is 0 Å². The van der Waals surface area contributed by atoms with Crippen molar-refractivity contribution in [3.05, 3.63) is 0 Å². The van der Waals surface area contributed by atoms with E-state index in [9.17, 15) is 0 Å². The zero-order chi connectivity index (χ0) is 15.9. The summed E-state index contributed by atoms with van der Waals surface area (Å²) >= 11 is 14.7. The standard InChI is InChI=1S/C7H10P2S2.C3H3Br.CH6P2S2/c1-3-5-10-8-7-9-11-6-4-2;1-2-3-4;4-2-1-3-5/h1-2,8-9H,5-7H2;1H,3H2;2-5H,1H2. The Morgan fingerprint density at radius 1 is 0.850 bits per heavy atom. The van der Waals surface area contributed by atoms with Crippen LogP contribution in [0.15, 0.2) is 0 Å². The normalized spacial score (nSPS) is 10.2. The van der Waals surface area contributed by atoms with Crippen LogP contribution in [0, 0.1) is 37.0 Å². The fraction of sp³-hybridized carbons (Fsp3) is 0.455. The molecule has 0 saturated heterocycles. The number of thiol groups is 2. The molecule has 0 aromatic rings. The average molecular weight is 483 g/mol. The maximum Gasteiger partial charge on any atom is 0.0642 e. The van der Waals surface area contributed by atoms with Crippen LogP contribution in [0.4, 0.5) is 0 Å². The SMILES string of the molecule is C#CCBr.C#CCSPCPSCC#C.SPCPS. The summed E-state index contributed by atoms with van der Waals surface area (Å²) in [5, 5.41) is 0.660. The van der Waals surface area contributed by atoms with Gasteiger partial charge in [0, 0.05) is 11.8 Å².